The molecule has 0 bridgehead atoms. The van der Waals surface area contributed by atoms with Crippen molar-refractivity contribution in [1.29, 1.82) is 0 Å². The second-order valence-electron chi connectivity index (χ2n) is 19.4. The van der Waals surface area contributed by atoms with E-state index in [0.29, 0.717) is 12.8 Å². The van der Waals surface area contributed by atoms with Gasteiger partial charge in [-0.05, 0) is 38.5 Å². The molecule has 4 nitrogen and oxygen atoms in total. The van der Waals surface area contributed by atoms with Crippen LogP contribution in [0, 0.1) is 0 Å². The fourth-order valence-electron chi connectivity index (χ4n) is 9.01. The number of carbonyl (C=O) groups excluding carboxylic acids is 1. The second kappa shape index (κ2) is 52.5. The number of hydrogen-bond acceptors (Lipinski definition) is 3. The van der Waals surface area contributed by atoms with Crippen LogP contribution >= 0.6 is 0 Å². The van der Waals surface area contributed by atoms with Crippen LogP contribution in [0.4, 0.5) is 0 Å². The van der Waals surface area contributed by atoms with Crippen LogP contribution in [0.5, 0.6) is 0 Å². The molecule has 1 amide bonds. The van der Waals surface area contributed by atoms with Crippen molar-refractivity contribution in [2.75, 3.05) is 6.61 Å². The molecule has 4 heteroatoms. The summed E-state index contributed by atoms with van der Waals surface area (Å²) in [6.45, 7) is 4.40. The summed E-state index contributed by atoms with van der Waals surface area (Å²) >= 11 is 0. The van der Waals surface area contributed by atoms with Crippen molar-refractivity contribution in [3.8, 4) is 0 Å². The maximum Gasteiger partial charge on any atom is 0.220 e. The predicted octanol–water partition coefficient (Wildman–Crippen LogP) is 18.1. The molecule has 0 aromatic heterocycles. The van der Waals surface area contributed by atoms with Crippen molar-refractivity contribution in [2.45, 2.75) is 334 Å². The maximum absolute atomic E-state index is 12.5. The Hall–Kier alpha value is -0.870. The summed E-state index contributed by atoms with van der Waals surface area (Å²) in [6.07, 6.45) is 67.7. The molecule has 0 aromatic rings. The van der Waals surface area contributed by atoms with Gasteiger partial charge in [-0.25, -0.2) is 0 Å². The van der Waals surface area contributed by atoms with Gasteiger partial charge in [0.25, 0.3) is 0 Å². The summed E-state index contributed by atoms with van der Waals surface area (Å²) in [6, 6.07) is -0.537. The molecule has 0 aromatic carbocycles. The van der Waals surface area contributed by atoms with Crippen molar-refractivity contribution in [2.24, 2.45) is 0 Å². The molecule has 0 aliphatic carbocycles. The number of aliphatic hydroxyl groups excluding tert-OH is 2. The van der Waals surface area contributed by atoms with Gasteiger partial charge in [-0.15, -0.1) is 0 Å². The van der Waals surface area contributed by atoms with Crippen LogP contribution in [0.15, 0.2) is 12.2 Å². The molecular formula is C56H111NO3. The fourth-order valence-corrected chi connectivity index (χ4v) is 9.01. The van der Waals surface area contributed by atoms with E-state index in [1.807, 2.05) is 0 Å². The second-order valence-corrected chi connectivity index (χ2v) is 19.4. The largest absolute Gasteiger partial charge is 0.394 e. The molecule has 358 valence electrons. The monoisotopic (exact) mass is 846 g/mol. The van der Waals surface area contributed by atoms with E-state index in [9.17, 15) is 15.0 Å². The number of allylic oxidation sites excluding steroid dienone is 2. The minimum Gasteiger partial charge on any atom is -0.394 e. The molecule has 2 unspecified atom stereocenters. The average molecular weight is 847 g/mol. The summed E-state index contributed by atoms with van der Waals surface area (Å²) in [4.78, 5) is 12.5. The first-order valence-corrected chi connectivity index (χ1v) is 27.9. The molecule has 0 aliphatic rings. The summed E-state index contributed by atoms with van der Waals surface area (Å²) < 4.78 is 0. The van der Waals surface area contributed by atoms with Gasteiger partial charge in [-0.1, -0.05) is 289 Å². The minimum atomic E-state index is -0.660. The molecule has 0 saturated heterocycles. The molecule has 0 heterocycles. The number of unbranched alkanes of at least 4 members (excludes halogenated alkanes) is 43. The van der Waals surface area contributed by atoms with Crippen molar-refractivity contribution >= 4 is 5.91 Å². The highest BCUT2D eigenvalue weighted by Gasteiger charge is 2.20. The van der Waals surface area contributed by atoms with Gasteiger partial charge in [0.1, 0.15) is 0 Å². The molecule has 0 rings (SSSR count). The Labute approximate surface area is 377 Å². The zero-order valence-corrected chi connectivity index (χ0v) is 41.3. The number of nitrogens with one attached hydrogen (secondary N) is 1. The SMILES string of the molecule is CCCCCCCCCCCCCC/C=C\CCCCCCCCCC(=O)NC(CO)C(O)CCCCCCCCCCCCCCCCCCCCCCCCCCC. The lowest BCUT2D eigenvalue weighted by molar-refractivity contribution is -0.123. The Morgan fingerprint density at radius 1 is 0.383 bits per heavy atom. The highest BCUT2D eigenvalue weighted by molar-refractivity contribution is 5.76. The van der Waals surface area contributed by atoms with Gasteiger partial charge in [-0.3, -0.25) is 4.79 Å². The number of carbonyl (C=O) groups is 1. The molecule has 0 aliphatic heterocycles. The van der Waals surface area contributed by atoms with Crippen molar-refractivity contribution < 1.29 is 15.0 Å². The number of rotatable bonds is 52. The van der Waals surface area contributed by atoms with E-state index < -0.39 is 12.1 Å². The summed E-state index contributed by atoms with van der Waals surface area (Å²) in [5.74, 6) is -0.0294. The standard InChI is InChI=1S/C56H111NO3/c1-3-5-7-9-11-13-15-17-19-21-23-25-27-28-30-31-33-35-37-39-41-43-45-47-49-51-55(59)54(53-58)57-56(60)52-50-48-46-44-42-40-38-36-34-32-29-26-24-22-20-18-16-14-12-10-8-6-4-2/h32,34,54-55,58-59H,3-31,33,35-53H2,1-2H3,(H,57,60)/b34-32-. The fraction of sp³-hybridized carbons (Fsp3) is 0.946. The summed E-state index contributed by atoms with van der Waals surface area (Å²) in [5.41, 5.74) is 0. The van der Waals surface area contributed by atoms with E-state index in [4.69, 9.17) is 0 Å². The van der Waals surface area contributed by atoms with Gasteiger partial charge < -0.3 is 15.5 Å². The summed E-state index contributed by atoms with van der Waals surface area (Å²) in [7, 11) is 0. The zero-order chi connectivity index (χ0) is 43.5. The minimum absolute atomic E-state index is 0.0294. The first kappa shape index (κ1) is 59.1. The topological polar surface area (TPSA) is 69.6 Å². The van der Waals surface area contributed by atoms with Gasteiger partial charge in [-0.2, -0.15) is 0 Å². The van der Waals surface area contributed by atoms with E-state index >= 15 is 0 Å². The van der Waals surface area contributed by atoms with Crippen LogP contribution in [0.1, 0.15) is 322 Å². The molecule has 0 radical (unpaired) electrons. The normalized spacial score (nSPS) is 12.8. The number of aliphatic hydroxyl groups is 2. The van der Waals surface area contributed by atoms with Crippen molar-refractivity contribution in [1.82, 2.24) is 5.32 Å². The third-order valence-electron chi connectivity index (χ3n) is 13.3. The van der Waals surface area contributed by atoms with E-state index in [1.54, 1.807) is 0 Å². The Bertz CT molecular complexity index is 829. The quantitative estimate of drug-likeness (QED) is 0.0422. The van der Waals surface area contributed by atoms with Gasteiger partial charge in [0.15, 0.2) is 0 Å². The third-order valence-corrected chi connectivity index (χ3v) is 13.3. The van der Waals surface area contributed by atoms with Crippen LogP contribution in [0.2, 0.25) is 0 Å². The lowest BCUT2D eigenvalue weighted by atomic mass is 10.0. The van der Waals surface area contributed by atoms with Crippen molar-refractivity contribution in [3.63, 3.8) is 0 Å². The Morgan fingerprint density at radius 2 is 0.633 bits per heavy atom. The predicted molar refractivity (Wildman–Crippen MR) is 267 cm³/mol. The molecule has 0 fully saturated rings. The zero-order valence-electron chi connectivity index (χ0n) is 41.3. The first-order chi connectivity index (χ1) is 29.7. The highest BCUT2D eigenvalue weighted by atomic mass is 16.3. The van der Waals surface area contributed by atoms with Crippen LogP contribution < -0.4 is 5.32 Å². The van der Waals surface area contributed by atoms with Crippen LogP contribution in [0.25, 0.3) is 0 Å². The smallest absolute Gasteiger partial charge is 0.220 e. The lowest BCUT2D eigenvalue weighted by Crippen LogP contribution is -2.45. The lowest BCUT2D eigenvalue weighted by Gasteiger charge is -2.22. The molecule has 0 saturated carbocycles. The van der Waals surface area contributed by atoms with Gasteiger partial charge in [0.2, 0.25) is 5.91 Å². The molecule has 2 atom stereocenters. The molecule has 60 heavy (non-hydrogen) atoms. The van der Waals surface area contributed by atoms with Gasteiger partial charge in [0, 0.05) is 6.42 Å². The molecular weight excluding hydrogens is 735 g/mol. The van der Waals surface area contributed by atoms with Gasteiger partial charge >= 0.3 is 0 Å². The highest BCUT2D eigenvalue weighted by Crippen LogP contribution is 2.18. The molecule has 0 spiro atoms. The van der Waals surface area contributed by atoms with E-state index in [-0.39, 0.29) is 12.5 Å². The average Bonchev–Trinajstić information content (AvgIpc) is 3.25. The Kier molecular flexibility index (Phi) is 51.7. The van der Waals surface area contributed by atoms with E-state index in [2.05, 4.69) is 31.3 Å². The van der Waals surface area contributed by atoms with E-state index in [1.165, 1.54) is 270 Å². The number of hydrogen-bond donors (Lipinski definition) is 3. The number of amides is 1. The van der Waals surface area contributed by atoms with Crippen molar-refractivity contribution in [3.05, 3.63) is 12.2 Å². The molecule has 3 N–H and O–H groups in total. The van der Waals surface area contributed by atoms with Crippen LogP contribution in [0.3, 0.4) is 0 Å². The Balaban J connectivity index is 3.44. The maximum atomic E-state index is 12.5. The third kappa shape index (κ3) is 48.2. The van der Waals surface area contributed by atoms with E-state index in [0.717, 1.165) is 25.7 Å². The van der Waals surface area contributed by atoms with Gasteiger partial charge in [0.05, 0.1) is 18.8 Å². The van der Waals surface area contributed by atoms with Crippen LogP contribution in [-0.2, 0) is 4.79 Å². The van der Waals surface area contributed by atoms with Crippen LogP contribution in [-0.4, -0.2) is 34.9 Å². The first-order valence-electron chi connectivity index (χ1n) is 27.9. The summed E-state index contributed by atoms with van der Waals surface area (Å²) in [5, 5.41) is 23.3. The Morgan fingerprint density at radius 3 is 0.917 bits per heavy atom.